The normalized spacial score (nSPS) is 21.2. The van der Waals surface area contributed by atoms with Gasteiger partial charge in [0.05, 0.1) is 18.3 Å². The van der Waals surface area contributed by atoms with Gasteiger partial charge in [-0.25, -0.2) is 0 Å². The van der Waals surface area contributed by atoms with E-state index >= 15 is 0 Å². The number of hydrogen-bond donors (Lipinski definition) is 0. The van der Waals surface area contributed by atoms with Crippen LogP contribution in [0.4, 0.5) is 0 Å². The molecule has 33 heavy (non-hydrogen) atoms. The fourth-order valence-corrected chi connectivity index (χ4v) is 5.86. The van der Waals surface area contributed by atoms with Crippen molar-refractivity contribution in [2.75, 3.05) is 33.4 Å². The number of fused-ring (bicyclic) bond motifs is 3. The number of methoxy groups -OCH3 is 1. The van der Waals surface area contributed by atoms with E-state index in [9.17, 15) is 4.79 Å². The van der Waals surface area contributed by atoms with E-state index in [2.05, 4.69) is 51.5 Å². The zero-order chi connectivity index (χ0) is 23.1. The first-order valence-electron chi connectivity index (χ1n) is 11.5. The Labute approximate surface area is 198 Å². The van der Waals surface area contributed by atoms with Crippen molar-refractivity contribution in [2.45, 2.75) is 45.3 Å². The lowest BCUT2D eigenvalue weighted by molar-refractivity contribution is 0.0569. The summed E-state index contributed by atoms with van der Waals surface area (Å²) in [6.07, 6.45) is 1.03. The number of carbonyl (C=O) groups excluding carboxylic acids is 1. The first kappa shape index (κ1) is 22.3. The van der Waals surface area contributed by atoms with Gasteiger partial charge >= 0.3 is 0 Å². The number of carbonyl (C=O) groups is 1. The van der Waals surface area contributed by atoms with E-state index in [1.165, 1.54) is 28.4 Å². The molecule has 1 aromatic heterocycles. The molecule has 1 amide bonds. The molecule has 5 rings (SSSR count). The molecule has 0 aliphatic carbocycles. The highest BCUT2D eigenvalue weighted by Gasteiger charge is 2.47. The van der Waals surface area contributed by atoms with E-state index in [-0.39, 0.29) is 11.9 Å². The number of ether oxygens (including phenoxy) is 2. The molecular formula is C25H30N4O3S. The standard InChI is InChI=1S/C25H30N4O3S/c1-15-16(2)24(32-10-9-31-4)8-6-21(15)17(3)28-13-20-12-19(28)14-29(20)25(30)18-5-7-22-23(11-18)27-33-26-22/h5-8,11,17,19-20H,9-10,12-14H2,1-4H3/t17-,19+,20+/m0/s1. The lowest BCUT2D eigenvalue weighted by atomic mass is 9.96. The molecule has 3 atom stereocenters. The lowest BCUT2D eigenvalue weighted by Crippen LogP contribution is -2.49. The molecule has 2 bridgehead atoms. The minimum Gasteiger partial charge on any atom is -0.491 e. The Morgan fingerprint density at radius 2 is 1.91 bits per heavy atom. The van der Waals surface area contributed by atoms with Crippen molar-refractivity contribution in [2.24, 2.45) is 0 Å². The van der Waals surface area contributed by atoms with Crippen LogP contribution in [0.25, 0.3) is 11.0 Å². The second-order valence-electron chi connectivity index (χ2n) is 9.09. The van der Waals surface area contributed by atoms with E-state index in [4.69, 9.17) is 9.47 Å². The average Bonchev–Trinajstić information content (AvgIpc) is 3.56. The van der Waals surface area contributed by atoms with E-state index in [1.807, 2.05) is 18.2 Å². The van der Waals surface area contributed by atoms with Crippen LogP contribution in [-0.4, -0.2) is 70.0 Å². The summed E-state index contributed by atoms with van der Waals surface area (Å²) in [7, 11) is 1.68. The summed E-state index contributed by atoms with van der Waals surface area (Å²) in [6.45, 7) is 9.40. The number of likely N-dealkylation sites (tertiary alicyclic amines) is 2. The van der Waals surface area contributed by atoms with Crippen LogP contribution in [0, 0.1) is 13.8 Å². The van der Waals surface area contributed by atoms with Crippen LogP contribution < -0.4 is 4.74 Å². The zero-order valence-corrected chi connectivity index (χ0v) is 20.4. The first-order chi connectivity index (χ1) is 16.0. The molecule has 0 unspecified atom stereocenters. The van der Waals surface area contributed by atoms with Crippen LogP contribution in [0.5, 0.6) is 5.75 Å². The molecule has 8 heteroatoms. The maximum absolute atomic E-state index is 13.2. The Balaban J connectivity index is 1.28. The number of hydrogen-bond acceptors (Lipinski definition) is 7. The van der Waals surface area contributed by atoms with Crippen molar-refractivity contribution >= 4 is 28.7 Å². The van der Waals surface area contributed by atoms with Gasteiger partial charge in [0.2, 0.25) is 0 Å². The number of aromatic nitrogens is 2. The maximum atomic E-state index is 13.2. The number of piperazine rings is 1. The molecule has 2 fully saturated rings. The molecule has 2 saturated heterocycles. The fraction of sp³-hybridized carbons (Fsp3) is 0.480. The largest absolute Gasteiger partial charge is 0.491 e. The number of amides is 1. The Bertz CT molecular complexity index is 1180. The third-order valence-corrected chi connectivity index (χ3v) is 7.87. The molecule has 174 valence electrons. The van der Waals surface area contributed by atoms with Gasteiger partial charge in [-0.15, -0.1) is 0 Å². The monoisotopic (exact) mass is 466 g/mol. The second-order valence-corrected chi connectivity index (χ2v) is 9.61. The van der Waals surface area contributed by atoms with Gasteiger partial charge in [0, 0.05) is 43.9 Å². The maximum Gasteiger partial charge on any atom is 0.254 e. The van der Waals surface area contributed by atoms with Gasteiger partial charge in [-0.2, -0.15) is 8.75 Å². The molecule has 3 heterocycles. The zero-order valence-electron chi connectivity index (χ0n) is 19.6. The molecule has 0 radical (unpaired) electrons. The van der Waals surface area contributed by atoms with Gasteiger partial charge in [0.15, 0.2) is 0 Å². The van der Waals surface area contributed by atoms with Crippen LogP contribution in [0.1, 0.15) is 46.4 Å². The molecule has 0 spiro atoms. The molecular weight excluding hydrogens is 436 g/mol. The van der Waals surface area contributed by atoms with Crippen molar-refractivity contribution in [3.63, 3.8) is 0 Å². The van der Waals surface area contributed by atoms with Crippen molar-refractivity contribution in [3.05, 3.63) is 52.6 Å². The number of benzene rings is 2. The first-order valence-corrected chi connectivity index (χ1v) is 12.2. The van der Waals surface area contributed by atoms with E-state index in [0.29, 0.717) is 30.9 Å². The predicted octanol–water partition coefficient (Wildman–Crippen LogP) is 3.99. The Morgan fingerprint density at radius 1 is 1.09 bits per heavy atom. The Hall–Kier alpha value is -2.55. The van der Waals surface area contributed by atoms with Crippen molar-refractivity contribution in [1.82, 2.24) is 18.5 Å². The molecule has 0 N–H and O–H groups in total. The van der Waals surface area contributed by atoms with E-state index in [0.717, 1.165) is 36.3 Å². The van der Waals surface area contributed by atoms with Crippen molar-refractivity contribution < 1.29 is 14.3 Å². The minimum absolute atomic E-state index is 0.106. The van der Waals surface area contributed by atoms with Crippen LogP contribution in [-0.2, 0) is 4.74 Å². The number of rotatable bonds is 7. The SMILES string of the molecule is COCCOc1ccc([C@H](C)N2C[C@H]3C[C@@H]2CN3C(=O)c2ccc3nsnc3c2)c(C)c1C. The fourth-order valence-electron chi connectivity index (χ4n) is 5.34. The highest BCUT2D eigenvalue weighted by Crippen LogP contribution is 2.39. The highest BCUT2D eigenvalue weighted by molar-refractivity contribution is 7.00. The van der Waals surface area contributed by atoms with Gasteiger partial charge < -0.3 is 14.4 Å². The molecule has 2 aliphatic rings. The summed E-state index contributed by atoms with van der Waals surface area (Å²) in [5, 5.41) is 0. The van der Waals surface area contributed by atoms with Gasteiger partial charge in [-0.05, 0) is 68.1 Å². The summed E-state index contributed by atoms with van der Waals surface area (Å²) in [4.78, 5) is 17.9. The van der Waals surface area contributed by atoms with Crippen molar-refractivity contribution in [1.29, 1.82) is 0 Å². The smallest absolute Gasteiger partial charge is 0.254 e. The van der Waals surface area contributed by atoms with Gasteiger partial charge in [-0.1, -0.05) is 6.07 Å². The third-order valence-electron chi connectivity index (χ3n) is 7.32. The molecule has 2 aliphatic heterocycles. The summed E-state index contributed by atoms with van der Waals surface area (Å²) in [6, 6.07) is 10.8. The lowest BCUT2D eigenvalue weighted by Gasteiger charge is -2.38. The van der Waals surface area contributed by atoms with E-state index in [1.54, 1.807) is 7.11 Å². The average molecular weight is 467 g/mol. The summed E-state index contributed by atoms with van der Waals surface area (Å²) in [5.41, 5.74) is 6.14. The van der Waals surface area contributed by atoms with Crippen LogP contribution in [0.2, 0.25) is 0 Å². The van der Waals surface area contributed by atoms with Gasteiger partial charge in [0.25, 0.3) is 5.91 Å². The van der Waals surface area contributed by atoms with E-state index < -0.39 is 0 Å². The van der Waals surface area contributed by atoms with Crippen LogP contribution in [0.3, 0.4) is 0 Å². The van der Waals surface area contributed by atoms with Crippen molar-refractivity contribution in [3.8, 4) is 5.75 Å². The Morgan fingerprint density at radius 3 is 2.67 bits per heavy atom. The second kappa shape index (κ2) is 9.00. The van der Waals surface area contributed by atoms with Gasteiger partial charge in [-0.3, -0.25) is 9.69 Å². The summed E-state index contributed by atoms with van der Waals surface area (Å²) in [5.74, 6) is 1.03. The van der Waals surface area contributed by atoms with Crippen LogP contribution >= 0.6 is 11.7 Å². The molecule has 7 nitrogen and oxygen atoms in total. The minimum atomic E-state index is 0.106. The molecule has 2 aromatic carbocycles. The highest BCUT2D eigenvalue weighted by atomic mass is 32.1. The molecule has 3 aromatic rings. The topological polar surface area (TPSA) is 67.8 Å². The van der Waals surface area contributed by atoms with Crippen LogP contribution in [0.15, 0.2) is 30.3 Å². The summed E-state index contributed by atoms with van der Waals surface area (Å²) >= 11 is 1.18. The predicted molar refractivity (Wildman–Crippen MR) is 129 cm³/mol. The third kappa shape index (κ3) is 4.00. The molecule has 0 saturated carbocycles. The Kier molecular flexibility index (Phi) is 6.07. The summed E-state index contributed by atoms with van der Waals surface area (Å²) < 4.78 is 19.5. The quantitative estimate of drug-likeness (QED) is 0.491. The number of nitrogens with zero attached hydrogens (tertiary/aromatic N) is 4. The van der Waals surface area contributed by atoms with Gasteiger partial charge in [0.1, 0.15) is 23.4 Å².